The number of hydrogen-bond donors (Lipinski definition) is 1. The molecule has 4 rings (SSSR count). The molecule has 0 aliphatic carbocycles. The number of nitrogens with zero attached hydrogens (tertiary/aromatic N) is 2. The fourth-order valence-corrected chi connectivity index (χ4v) is 4.66. The number of para-hydroxylation sites is 1. The van der Waals surface area contributed by atoms with Crippen LogP contribution in [0, 0.1) is 0 Å². The Morgan fingerprint density at radius 1 is 1.00 bits per heavy atom. The molecule has 9 heteroatoms. The molecule has 2 aromatic carbocycles. The van der Waals surface area contributed by atoms with E-state index in [1.54, 1.807) is 24.3 Å². The van der Waals surface area contributed by atoms with Gasteiger partial charge < -0.3 is 10.1 Å². The molecule has 2 saturated heterocycles. The Kier molecular flexibility index (Phi) is 4.56. The molecule has 2 heterocycles. The number of anilines is 1. The van der Waals surface area contributed by atoms with Crippen molar-refractivity contribution in [3.63, 3.8) is 0 Å². The van der Waals surface area contributed by atoms with Crippen LogP contribution in [0.1, 0.15) is 6.42 Å². The van der Waals surface area contributed by atoms with Crippen molar-refractivity contribution in [2.24, 2.45) is 0 Å². The highest BCUT2D eigenvalue weighted by Crippen LogP contribution is 2.30. The van der Waals surface area contributed by atoms with Crippen molar-refractivity contribution < 1.29 is 22.7 Å². The molecule has 2 aliphatic rings. The number of urea groups is 1. The Bertz CT molecular complexity index is 1010. The molecule has 0 bridgehead atoms. The van der Waals surface area contributed by atoms with Crippen LogP contribution in [-0.4, -0.2) is 49.5 Å². The van der Waals surface area contributed by atoms with Gasteiger partial charge in [-0.25, -0.2) is 18.1 Å². The smallest absolute Gasteiger partial charge is 0.329 e. The lowest BCUT2D eigenvalue weighted by atomic mass is 10.1. The van der Waals surface area contributed by atoms with Crippen LogP contribution in [0.25, 0.3) is 0 Å². The normalized spacial score (nSPS) is 22.7. The summed E-state index contributed by atoms with van der Waals surface area (Å²) >= 11 is 0. The third kappa shape index (κ3) is 3.34. The van der Waals surface area contributed by atoms with Crippen LogP contribution in [0.4, 0.5) is 10.5 Å². The summed E-state index contributed by atoms with van der Waals surface area (Å²) in [4.78, 5) is 26.4. The number of carbonyl (C=O) groups excluding carboxylic acids is 2. The fraction of sp³-hybridized carbons (Fsp3) is 0.263. The molecule has 0 radical (unpaired) electrons. The third-order valence-corrected chi connectivity index (χ3v) is 6.10. The van der Waals surface area contributed by atoms with E-state index >= 15 is 0 Å². The van der Waals surface area contributed by atoms with Gasteiger partial charge in [-0.05, 0) is 42.8 Å². The molecule has 0 spiro atoms. The van der Waals surface area contributed by atoms with Gasteiger partial charge in [-0.3, -0.25) is 4.79 Å². The van der Waals surface area contributed by atoms with E-state index in [2.05, 4.69) is 5.32 Å². The summed E-state index contributed by atoms with van der Waals surface area (Å²) in [5, 5.41) is 2.74. The number of fused-ring (bicyclic) bond motifs is 1. The highest BCUT2D eigenvalue weighted by Gasteiger charge is 2.51. The molecule has 8 nitrogen and oxygen atoms in total. The van der Waals surface area contributed by atoms with Crippen molar-refractivity contribution in [3.8, 4) is 11.5 Å². The predicted molar refractivity (Wildman–Crippen MR) is 103 cm³/mol. The number of sulfonamides is 1. The van der Waals surface area contributed by atoms with Crippen LogP contribution in [-0.2, 0) is 14.8 Å². The Morgan fingerprint density at radius 2 is 1.64 bits per heavy atom. The van der Waals surface area contributed by atoms with E-state index in [1.165, 1.54) is 0 Å². The zero-order chi connectivity index (χ0) is 19.9. The van der Waals surface area contributed by atoms with Gasteiger partial charge >= 0.3 is 6.03 Å². The number of ether oxygens (including phenoxy) is 1. The lowest BCUT2D eigenvalue weighted by Gasteiger charge is -2.36. The molecular formula is C19H19N3O5S. The minimum atomic E-state index is -3.56. The first kappa shape index (κ1) is 18.5. The Balaban J connectivity index is 1.58. The standard InChI is InChI=1S/C19H19N3O5S/c1-28(25,26)21-12-11-16-17(21)18(23)22(19(24)20-16)13-7-9-15(10-8-13)27-14-5-3-2-4-6-14/h2-10,16-17H,11-12H2,1H3,(H,20,24)/t16-,17+/m1/s1. The molecule has 2 fully saturated rings. The maximum atomic E-state index is 13.0. The highest BCUT2D eigenvalue weighted by molar-refractivity contribution is 7.88. The first-order valence-electron chi connectivity index (χ1n) is 8.79. The summed E-state index contributed by atoms with van der Waals surface area (Å²) in [5.41, 5.74) is 0.349. The molecule has 0 aromatic heterocycles. The van der Waals surface area contributed by atoms with E-state index in [9.17, 15) is 18.0 Å². The maximum absolute atomic E-state index is 13.0. The highest BCUT2D eigenvalue weighted by atomic mass is 32.2. The summed E-state index contributed by atoms with van der Waals surface area (Å²) in [7, 11) is -3.56. The number of imide groups is 1. The summed E-state index contributed by atoms with van der Waals surface area (Å²) in [5.74, 6) is 0.671. The first-order chi connectivity index (χ1) is 13.3. The third-order valence-electron chi connectivity index (χ3n) is 4.84. The van der Waals surface area contributed by atoms with Crippen LogP contribution in [0.2, 0.25) is 0 Å². The number of amides is 3. The molecule has 1 N–H and O–H groups in total. The predicted octanol–water partition coefficient (Wildman–Crippen LogP) is 1.94. The van der Waals surface area contributed by atoms with Gasteiger partial charge in [0.25, 0.3) is 5.91 Å². The van der Waals surface area contributed by atoms with Crippen LogP contribution < -0.4 is 15.0 Å². The lowest BCUT2D eigenvalue weighted by Crippen LogP contribution is -2.64. The quantitative estimate of drug-likeness (QED) is 0.845. The van der Waals surface area contributed by atoms with Gasteiger partial charge in [0.2, 0.25) is 10.0 Å². The number of nitrogens with one attached hydrogen (secondary N) is 1. The van der Waals surface area contributed by atoms with Crippen molar-refractivity contribution >= 4 is 27.6 Å². The van der Waals surface area contributed by atoms with Crippen molar-refractivity contribution in [3.05, 3.63) is 54.6 Å². The van der Waals surface area contributed by atoms with E-state index in [0.717, 1.165) is 15.5 Å². The summed E-state index contributed by atoms with van der Waals surface area (Å²) in [6.07, 6.45) is 1.48. The average molecular weight is 401 g/mol. The number of benzene rings is 2. The molecule has 2 aromatic rings. The minimum absolute atomic E-state index is 0.206. The van der Waals surface area contributed by atoms with Gasteiger partial charge in [-0.1, -0.05) is 18.2 Å². The van der Waals surface area contributed by atoms with Gasteiger partial charge in [0, 0.05) is 6.54 Å². The van der Waals surface area contributed by atoms with E-state index in [-0.39, 0.29) is 6.54 Å². The maximum Gasteiger partial charge on any atom is 0.329 e. The van der Waals surface area contributed by atoms with Crippen LogP contribution >= 0.6 is 0 Å². The van der Waals surface area contributed by atoms with Crippen molar-refractivity contribution in [1.29, 1.82) is 0 Å². The number of rotatable bonds is 4. The Labute approximate surface area is 162 Å². The van der Waals surface area contributed by atoms with Crippen LogP contribution in [0.3, 0.4) is 0 Å². The van der Waals surface area contributed by atoms with Crippen molar-refractivity contribution in [2.75, 3.05) is 17.7 Å². The second-order valence-electron chi connectivity index (χ2n) is 6.75. The molecule has 0 saturated carbocycles. The molecule has 2 atom stereocenters. The van der Waals surface area contributed by atoms with Crippen LogP contribution in [0.5, 0.6) is 11.5 Å². The summed E-state index contributed by atoms with van der Waals surface area (Å²) in [6.45, 7) is 0.206. The zero-order valence-electron chi connectivity index (χ0n) is 15.1. The monoisotopic (exact) mass is 401 g/mol. The number of carbonyl (C=O) groups is 2. The van der Waals surface area contributed by atoms with Gasteiger partial charge in [0.05, 0.1) is 18.0 Å². The van der Waals surface area contributed by atoms with E-state index < -0.39 is 34.0 Å². The molecule has 3 amide bonds. The number of hydrogen-bond acceptors (Lipinski definition) is 5. The molecular weight excluding hydrogens is 382 g/mol. The second kappa shape index (κ2) is 6.92. The summed E-state index contributed by atoms with van der Waals surface area (Å²) in [6, 6.07) is 13.7. The van der Waals surface area contributed by atoms with Crippen molar-refractivity contribution in [1.82, 2.24) is 9.62 Å². The van der Waals surface area contributed by atoms with Gasteiger partial charge in [-0.15, -0.1) is 0 Å². The Morgan fingerprint density at radius 3 is 2.29 bits per heavy atom. The summed E-state index contributed by atoms with van der Waals surface area (Å²) < 4.78 is 30.9. The SMILES string of the molecule is CS(=O)(=O)N1CC[C@H]2NC(=O)N(c3ccc(Oc4ccccc4)cc3)C(=O)[C@H]21. The van der Waals surface area contributed by atoms with Crippen LogP contribution in [0.15, 0.2) is 54.6 Å². The van der Waals surface area contributed by atoms with E-state index in [1.807, 2.05) is 30.3 Å². The van der Waals surface area contributed by atoms with Crippen molar-refractivity contribution in [2.45, 2.75) is 18.5 Å². The van der Waals surface area contributed by atoms with Gasteiger partial charge in [0.1, 0.15) is 17.5 Å². The zero-order valence-corrected chi connectivity index (χ0v) is 15.9. The largest absolute Gasteiger partial charge is 0.457 e. The first-order valence-corrected chi connectivity index (χ1v) is 10.6. The minimum Gasteiger partial charge on any atom is -0.457 e. The Hall–Kier alpha value is -2.91. The van der Waals surface area contributed by atoms with Gasteiger partial charge in [0.15, 0.2) is 0 Å². The fourth-order valence-electron chi connectivity index (χ4n) is 3.57. The van der Waals surface area contributed by atoms with E-state index in [4.69, 9.17) is 4.74 Å². The topological polar surface area (TPSA) is 96.0 Å². The molecule has 0 unspecified atom stereocenters. The molecule has 28 heavy (non-hydrogen) atoms. The molecule has 2 aliphatic heterocycles. The van der Waals surface area contributed by atoms with E-state index in [0.29, 0.717) is 23.6 Å². The second-order valence-corrected chi connectivity index (χ2v) is 8.68. The molecule has 146 valence electrons. The van der Waals surface area contributed by atoms with Gasteiger partial charge in [-0.2, -0.15) is 4.31 Å². The lowest BCUT2D eigenvalue weighted by molar-refractivity contribution is -0.122. The average Bonchev–Trinajstić information content (AvgIpc) is 3.08.